The number of unbranched alkanes of at least 4 members (excludes halogenated alkanes) is 1. The molecule has 0 aliphatic heterocycles. The maximum Gasteiger partial charge on any atom is 0.264 e. The van der Waals surface area contributed by atoms with Crippen LogP contribution in [0.5, 0.6) is 0 Å². The molecule has 1 N–H and O–H groups in total. The minimum Gasteiger partial charge on any atom is -0.354 e. The van der Waals surface area contributed by atoms with Crippen molar-refractivity contribution < 1.29 is 18.0 Å². The van der Waals surface area contributed by atoms with E-state index >= 15 is 0 Å². The lowest BCUT2D eigenvalue weighted by molar-refractivity contribution is -0.140. The van der Waals surface area contributed by atoms with Gasteiger partial charge < -0.3 is 10.2 Å². The van der Waals surface area contributed by atoms with Crippen molar-refractivity contribution >= 4 is 27.5 Å². The number of carbonyl (C=O) groups excluding carboxylic acids is 2. The lowest BCUT2D eigenvalue weighted by Gasteiger charge is -2.33. The van der Waals surface area contributed by atoms with E-state index in [4.69, 9.17) is 0 Å². The molecule has 2 amide bonds. The summed E-state index contributed by atoms with van der Waals surface area (Å²) in [7, 11) is -4.10. The van der Waals surface area contributed by atoms with Crippen molar-refractivity contribution in [3.05, 3.63) is 94.5 Å². The number of anilines is 1. The summed E-state index contributed by atoms with van der Waals surface area (Å²) in [5, 5.41) is 2.97. The summed E-state index contributed by atoms with van der Waals surface area (Å²) < 4.78 is 29.4. The Balaban J connectivity index is 2.08. The van der Waals surface area contributed by atoms with E-state index in [1.807, 2.05) is 71.9 Å². The molecule has 0 saturated heterocycles. The molecule has 8 heteroatoms. The number of hydrogen-bond donors (Lipinski definition) is 1. The number of aryl methyl sites for hydroxylation is 3. The molecular weight excluding hydrogens is 534 g/mol. The van der Waals surface area contributed by atoms with Crippen molar-refractivity contribution in [2.45, 2.75) is 78.3 Å². The summed E-state index contributed by atoms with van der Waals surface area (Å²) in [6, 6.07) is 19.1. The van der Waals surface area contributed by atoms with Crippen LogP contribution in [0.3, 0.4) is 0 Å². The molecule has 41 heavy (non-hydrogen) atoms. The van der Waals surface area contributed by atoms with Crippen molar-refractivity contribution in [1.82, 2.24) is 10.2 Å². The molecule has 1 unspecified atom stereocenters. The van der Waals surface area contributed by atoms with Crippen molar-refractivity contribution in [2.75, 3.05) is 17.4 Å². The van der Waals surface area contributed by atoms with Gasteiger partial charge in [-0.3, -0.25) is 13.9 Å². The van der Waals surface area contributed by atoms with E-state index in [1.165, 1.54) is 9.21 Å². The average molecular weight is 578 g/mol. The van der Waals surface area contributed by atoms with Crippen molar-refractivity contribution in [1.29, 1.82) is 0 Å². The van der Waals surface area contributed by atoms with Crippen LogP contribution in [-0.4, -0.2) is 44.3 Å². The molecule has 0 spiro atoms. The second kappa shape index (κ2) is 14.3. The van der Waals surface area contributed by atoms with Crippen LogP contribution in [0.4, 0.5) is 5.69 Å². The Morgan fingerprint density at radius 3 is 2.20 bits per heavy atom. The molecule has 0 radical (unpaired) electrons. The zero-order valence-corrected chi connectivity index (χ0v) is 25.9. The second-order valence-electron chi connectivity index (χ2n) is 10.6. The van der Waals surface area contributed by atoms with E-state index in [1.54, 1.807) is 36.4 Å². The topological polar surface area (TPSA) is 86.8 Å². The fourth-order valence-corrected chi connectivity index (χ4v) is 6.26. The zero-order chi connectivity index (χ0) is 30.2. The fourth-order valence-electron chi connectivity index (χ4n) is 4.79. The van der Waals surface area contributed by atoms with Crippen LogP contribution < -0.4 is 9.62 Å². The first-order chi connectivity index (χ1) is 19.5. The molecule has 0 aromatic heterocycles. The minimum absolute atomic E-state index is 0.103. The van der Waals surface area contributed by atoms with Crippen molar-refractivity contribution in [3.8, 4) is 0 Å². The SMILES string of the molecule is CCCCNC(=O)C(CC)N(Cc1cccc(C)c1)C(=O)CN(c1cccc(C)c1C)S(=O)(=O)c1ccc(C)cc1. The predicted molar refractivity (Wildman–Crippen MR) is 165 cm³/mol. The maximum absolute atomic E-state index is 14.2. The highest BCUT2D eigenvalue weighted by Gasteiger charge is 2.34. The van der Waals surface area contributed by atoms with Gasteiger partial charge in [-0.1, -0.05) is 79.9 Å². The molecule has 0 saturated carbocycles. The van der Waals surface area contributed by atoms with Crippen LogP contribution in [0.15, 0.2) is 71.6 Å². The minimum atomic E-state index is -4.10. The van der Waals surface area contributed by atoms with Gasteiger partial charge in [0, 0.05) is 13.1 Å². The largest absolute Gasteiger partial charge is 0.354 e. The van der Waals surface area contributed by atoms with Gasteiger partial charge in [0.05, 0.1) is 10.6 Å². The fraction of sp³-hybridized carbons (Fsp3) is 0.394. The van der Waals surface area contributed by atoms with Crippen LogP contribution in [0.25, 0.3) is 0 Å². The number of carbonyl (C=O) groups is 2. The molecule has 0 fully saturated rings. The maximum atomic E-state index is 14.2. The molecule has 3 aromatic carbocycles. The van der Waals surface area contributed by atoms with Gasteiger partial charge in [0.15, 0.2) is 0 Å². The lowest BCUT2D eigenvalue weighted by atomic mass is 10.1. The van der Waals surface area contributed by atoms with Gasteiger partial charge in [-0.2, -0.15) is 0 Å². The highest BCUT2D eigenvalue weighted by molar-refractivity contribution is 7.92. The molecular formula is C33H43N3O4S. The normalized spacial score (nSPS) is 12.0. The Labute approximate surface area is 245 Å². The van der Waals surface area contributed by atoms with E-state index in [2.05, 4.69) is 5.32 Å². The van der Waals surface area contributed by atoms with E-state index in [0.29, 0.717) is 18.7 Å². The zero-order valence-electron chi connectivity index (χ0n) is 25.1. The molecule has 0 heterocycles. The molecule has 1 atom stereocenters. The number of hydrogen-bond acceptors (Lipinski definition) is 4. The summed E-state index contributed by atoms with van der Waals surface area (Å²) in [4.78, 5) is 29.2. The van der Waals surface area contributed by atoms with Gasteiger partial charge in [0.25, 0.3) is 10.0 Å². The van der Waals surface area contributed by atoms with Gasteiger partial charge in [0.1, 0.15) is 12.6 Å². The first-order valence-corrected chi connectivity index (χ1v) is 15.7. The molecule has 0 bridgehead atoms. The molecule has 0 aliphatic carbocycles. The summed E-state index contributed by atoms with van der Waals surface area (Å²) in [5.41, 5.74) is 4.97. The summed E-state index contributed by atoms with van der Waals surface area (Å²) >= 11 is 0. The number of rotatable bonds is 13. The third-order valence-electron chi connectivity index (χ3n) is 7.38. The standard InChI is InChI=1S/C33H43N3O4S/c1-7-9-20-34-33(38)30(8-2)35(22-28-14-10-12-25(4)21-28)32(37)23-36(31-15-11-13-26(5)27(31)6)41(39,40)29-18-16-24(3)17-19-29/h10-19,21,30H,7-9,20,22-23H2,1-6H3,(H,34,38). The third-order valence-corrected chi connectivity index (χ3v) is 9.16. The van der Waals surface area contributed by atoms with Crippen molar-refractivity contribution in [2.24, 2.45) is 0 Å². The predicted octanol–water partition coefficient (Wildman–Crippen LogP) is 5.84. The number of amides is 2. The van der Waals surface area contributed by atoms with Crippen molar-refractivity contribution in [3.63, 3.8) is 0 Å². The summed E-state index contributed by atoms with van der Waals surface area (Å²) in [6.07, 6.45) is 2.16. The monoisotopic (exact) mass is 577 g/mol. The number of nitrogens with one attached hydrogen (secondary N) is 1. The highest BCUT2D eigenvalue weighted by atomic mass is 32.2. The van der Waals surface area contributed by atoms with E-state index in [0.717, 1.165) is 40.7 Å². The first kappa shape index (κ1) is 31.9. The van der Waals surface area contributed by atoms with Crippen LogP contribution in [-0.2, 0) is 26.2 Å². The molecule has 3 rings (SSSR count). The molecule has 7 nitrogen and oxygen atoms in total. The van der Waals surface area contributed by atoms with Crippen LogP contribution in [0, 0.1) is 27.7 Å². The van der Waals surface area contributed by atoms with E-state index < -0.39 is 28.5 Å². The Bertz CT molecular complexity index is 1450. The van der Waals surface area contributed by atoms with E-state index in [-0.39, 0.29) is 17.3 Å². The summed E-state index contributed by atoms with van der Waals surface area (Å²) in [6.45, 7) is 11.8. The molecule has 0 aliphatic rings. The Morgan fingerprint density at radius 2 is 1.56 bits per heavy atom. The Morgan fingerprint density at radius 1 is 0.878 bits per heavy atom. The second-order valence-corrected chi connectivity index (χ2v) is 12.5. The van der Waals surface area contributed by atoms with Crippen LogP contribution >= 0.6 is 0 Å². The first-order valence-electron chi connectivity index (χ1n) is 14.3. The van der Waals surface area contributed by atoms with Crippen LogP contribution in [0.2, 0.25) is 0 Å². The average Bonchev–Trinajstić information content (AvgIpc) is 2.93. The van der Waals surface area contributed by atoms with Gasteiger partial charge in [0.2, 0.25) is 11.8 Å². The Hall–Kier alpha value is -3.65. The van der Waals surface area contributed by atoms with Gasteiger partial charge in [-0.05, 0) is 75.4 Å². The third kappa shape index (κ3) is 7.97. The number of sulfonamides is 1. The highest BCUT2D eigenvalue weighted by Crippen LogP contribution is 2.29. The molecule has 220 valence electrons. The molecule has 3 aromatic rings. The van der Waals surface area contributed by atoms with Gasteiger partial charge in [-0.15, -0.1) is 0 Å². The number of benzene rings is 3. The lowest BCUT2D eigenvalue weighted by Crippen LogP contribution is -2.52. The van der Waals surface area contributed by atoms with E-state index in [9.17, 15) is 18.0 Å². The summed E-state index contributed by atoms with van der Waals surface area (Å²) in [5.74, 6) is -0.678. The smallest absolute Gasteiger partial charge is 0.264 e. The van der Waals surface area contributed by atoms with Gasteiger partial charge >= 0.3 is 0 Å². The van der Waals surface area contributed by atoms with Crippen LogP contribution in [0.1, 0.15) is 60.9 Å². The van der Waals surface area contributed by atoms with Gasteiger partial charge in [-0.25, -0.2) is 8.42 Å². The number of nitrogens with zero attached hydrogens (tertiary/aromatic N) is 2. The quantitative estimate of drug-likeness (QED) is 0.259. The Kier molecular flexibility index (Phi) is 11.1.